The van der Waals surface area contributed by atoms with Crippen molar-refractivity contribution >= 4 is 0 Å². The molecule has 1 saturated heterocycles. The average molecular weight is 198 g/mol. The summed E-state index contributed by atoms with van der Waals surface area (Å²) in [6.45, 7) is 13.0. The third kappa shape index (κ3) is 3.25. The highest BCUT2D eigenvalue weighted by Gasteiger charge is 2.22. The second-order valence-corrected chi connectivity index (χ2v) is 4.92. The highest BCUT2D eigenvalue weighted by atomic mass is 15.2. The van der Waals surface area contributed by atoms with Gasteiger partial charge in [-0.05, 0) is 38.8 Å². The first kappa shape index (κ1) is 12.0. The van der Waals surface area contributed by atoms with E-state index in [1.807, 2.05) is 0 Å². The summed E-state index contributed by atoms with van der Waals surface area (Å²) in [6.07, 6.45) is 2.58. The van der Waals surface area contributed by atoms with Gasteiger partial charge in [0.15, 0.2) is 0 Å². The molecule has 0 amide bonds. The van der Waals surface area contributed by atoms with E-state index >= 15 is 0 Å². The van der Waals surface area contributed by atoms with Crippen LogP contribution in [-0.4, -0.2) is 36.6 Å². The normalized spacial score (nSPS) is 27.6. The molecular weight excluding hydrogens is 172 g/mol. The first-order chi connectivity index (χ1) is 6.65. The smallest absolute Gasteiger partial charge is 0.0166 e. The van der Waals surface area contributed by atoms with Crippen LogP contribution in [0, 0.1) is 5.92 Å². The zero-order chi connectivity index (χ0) is 10.6. The van der Waals surface area contributed by atoms with Crippen molar-refractivity contribution in [1.82, 2.24) is 10.2 Å². The minimum Gasteiger partial charge on any atom is -0.313 e. The highest BCUT2D eigenvalue weighted by molar-refractivity contribution is 4.80. The summed E-state index contributed by atoms with van der Waals surface area (Å²) < 4.78 is 0. The van der Waals surface area contributed by atoms with Crippen LogP contribution in [0.15, 0.2) is 0 Å². The molecule has 0 aromatic heterocycles. The lowest BCUT2D eigenvalue weighted by atomic mass is 9.99. The zero-order valence-electron chi connectivity index (χ0n) is 10.2. The maximum absolute atomic E-state index is 3.55. The number of hydrogen-bond donors (Lipinski definition) is 1. The Morgan fingerprint density at radius 3 is 2.71 bits per heavy atom. The van der Waals surface area contributed by atoms with Gasteiger partial charge in [-0.1, -0.05) is 20.8 Å². The summed E-state index contributed by atoms with van der Waals surface area (Å²) in [7, 11) is 0. The van der Waals surface area contributed by atoms with Crippen molar-refractivity contribution < 1.29 is 0 Å². The zero-order valence-corrected chi connectivity index (χ0v) is 10.2. The Morgan fingerprint density at radius 2 is 2.14 bits per heavy atom. The number of rotatable bonds is 3. The minimum atomic E-state index is 0.658. The van der Waals surface area contributed by atoms with Crippen LogP contribution in [0.1, 0.15) is 40.5 Å². The summed E-state index contributed by atoms with van der Waals surface area (Å²) in [4.78, 5) is 2.68. The third-order valence-corrected chi connectivity index (χ3v) is 3.28. The molecule has 84 valence electrons. The topological polar surface area (TPSA) is 15.3 Å². The number of hydrogen-bond acceptors (Lipinski definition) is 2. The van der Waals surface area contributed by atoms with Gasteiger partial charge in [0.05, 0.1) is 0 Å². The molecule has 2 nitrogen and oxygen atoms in total. The summed E-state index contributed by atoms with van der Waals surface area (Å²) in [6, 6.07) is 1.43. The molecule has 0 radical (unpaired) electrons. The van der Waals surface area contributed by atoms with E-state index in [2.05, 4.69) is 37.9 Å². The van der Waals surface area contributed by atoms with Crippen molar-refractivity contribution in [3.63, 3.8) is 0 Å². The van der Waals surface area contributed by atoms with Gasteiger partial charge >= 0.3 is 0 Å². The van der Waals surface area contributed by atoms with Crippen molar-refractivity contribution in [3.8, 4) is 0 Å². The summed E-state index contributed by atoms with van der Waals surface area (Å²) in [5.74, 6) is 0.783. The van der Waals surface area contributed by atoms with Gasteiger partial charge < -0.3 is 5.32 Å². The Bertz CT molecular complexity index is 156. The first-order valence-electron chi connectivity index (χ1n) is 6.12. The monoisotopic (exact) mass is 198 g/mol. The third-order valence-electron chi connectivity index (χ3n) is 3.28. The van der Waals surface area contributed by atoms with Crippen molar-refractivity contribution in [1.29, 1.82) is 0 Å². The Kier molecular flexibility index (Phi) is 4.90. The summed E-state index contributed by atoms with van der Waals surface area (Å²) >= 11 is 0. The second-order valence-electron chi connectivity index (χ2n) is 4.92. The molecule has 0 saturated carbocycles. The van der Waals surface area contributed by atoms with Gasteiger partial charge in [0.1, 0.15) is 0 Å². The fraction of sp³-hybridized carbons (Fsp3) is 1.00. The van der Waals surface area contributed by atoms with E-state index in [0.717, 1.165) is 12.0 Å². The van der Waals surface area contributed by atoms with Gasteiger partial charge in [-0.2, -0.15) is 0 Å². The number of nitrogens with zero attached hydrogens (tertiary/aromatic N) is 1. The molecule has 2 atom stereocenters. The molecule has 1 fully saturated rings. The van der Waals surface area contributed by atoms with Crippen LogP contribution in [0.5, 0.6) is 0 Å². The largest absolute Gasteiger partial charge is 0.313 e. The van der Waals surface area contributed by atoms with Crippen molar-refractivity contribution in [2.45, 2.75) is 52.6 Å². The minimum absolute atomic E-state index is 0.658. The van der Waals surface area contributed by atoms with Crippen LogP contribution >= 0.6 is 0 Å². The molecule has 1 aliphatic heterocycles. The molecule has 1 aliphatic rings. The SMILES string of the molecule is CCC(C(C)C)N1CCCNC(C)C1. The van der Waals surface area contributed by atoms with Gasteiger partial charge in [-0.15, -0.1) is 0 Å². The number of nitrogens with one attached hydrogen (secondary N) is 1. The molecule has 2 unspecified atom stereocenters. The Labute approximate surface area is 89.1 Å². The quantitative estimate of drug-likeness (QED) is 0.747. The molecule has 0 aromatic carbocycles. The molecule has 2 heteroatoms. The van der Waals surface area contributed by atoms with Crippen molar-refractivity contribution in [3.05, 3.63) is 0 Å². The van der Waals surface area contributed by atoms with E-state index in [1.165, 1.54) is 32.5 Å². The van der Waals surface area contributed by atoms with Gasteiger partial charge in [0.25, 0.3) is 0 Å². The predicted molar refractivity (Wildman–Crippen MR) is 62.6 cm³/mol. The van der Waals surface area contributed by atoms with Crippen LogP contribution in [0.2, 0.25) is 0 Å². The molecule has 14 heavy (non-hydrogen) atoms. The molecule has 0 bridgehead atoms. The maximum atomic E-state index is 3.55. The standard InChI is InChI=1S/C12H26N2/c1-5-12(10(2)3)14-8-6-7-13-11(4)9-14/h10-13H,5-9H2,1-4H3. The average Bonchev–Trinajstić information content (AvgIpc) is 2.31. The van der Waals surface area contributed by atoms with Crippen LogP contribution in [-0.2, 0) is 0 Å². The van der Waals surface area contributed by atoms with E-state index in [4.69, 9.17) is 0 Å². The highest BCUT2D eigenvalue weighted by Crippen LogP contribution is 2.16. The van der Waals surface area contributed by atoms with Crippen LogP contribution < -0.4 is 5.32 Å². The summed E-state index contributed by atoms with van der Waals surface area (Å²) in [5.41, 5.74) is 0. The van der Waals surface area contributed by atoms with Crippen LogP contribution in [0.25, 0.3) is 0 Å². The van der Waals surface area contributed by atoms with Gasteiger partial charge in [-0.3, -0.25) is 4.90 Å². The molecule has 1 N–H and O–H groups in total. The van der Waals surface area contributed by atoms with E-state index in [9.17, 15) is 0 Å². The lowest BCUT2D eigenvalue weighted by Gasteiger charge is -2.33. The van der Waals surface area contributed by atoms with Crippen LogP contribution in [0.4, 0.5) is 0 Å². The van der Waals surface area contributed by atoms with E-state index < -0.39 is 0 Å². The Morgan fingerprint density at radius 1 is 1.43 bits per heavy atom. The van der Waals surface area contributed by atoms with Gasteiger partial charge in [-0.25, -0.2) is 0 Å². The predicted octanol–water partition coefficient (Wildman–Crippen LogP) is 2.10. The second kappa shape index (κ2) is 5.72. The lowest BCUT2D eigenvalue weighted by molar-refractivity contribution is 0.150. The molecule has 1 rings (SSSR count). The fourth-order valence-electron chi connectivity index (χ4n) is 2.59. The van der Waals surface area contributed by atoms with E-state index in [-0.39, 0.29) is 0 Å². The summed E-state index contributed by atoms with van der Waals surface area (Å²) in [5, 5.41) is 3.55. The van der Waals surface area contributed by atoms with Gasteiger partial charge in [0.2, 0.25) is 0 Å². The lowest BCUT2D eigenvalue weighted by Crippen LogP contribution is -2.43. The molecule has 1 heterocycles. The maximum Gasteiger partial charge on any atom is 0.0166 e. The van der Waals surface area contributed by atoms with E-state index in [0.29, 0.717) is 6.04 Å². The first-order valence-corrected chi connectivity index (χ1v) is 6.12. The van der Waals surface area contributed by atoms with Crippen LogP contribution in [0.3, 0.4) is 0 Å². The molecule has 0 aromatic rings. The van der Waals surface area contributed by atoms with Crippen molar-refractivity contribution in [2.75, 3.05) is 19.6 Å². The van der Waals surface area contributed by atoms with E-state index in [1.54, 1.807) is 0 Å². The Hall–Kier alpha value is -0.0800. The van der Waals surface area contributed by atoms with Crippen molar-refractivity contribution in [2.24, 2.45) is 5.92 Å². The molecule has 0 spiro atoms. The fourth-order valence-corrected chi connectivity index (χ4v) is 2.59. The van der Waals surface area contributed by atoms with Gasteiger partial charge in [0, 0.05) is 18.6 Å². The Balaban J connectivity index is 2.54. The molecular formula is C12H26N2. The molecule has 0 aliphatic carbocycles.